The lowest BCUT2D eigenvalue weighted by Gasteiger charge is -2.16. The summed E-state index contributed by atoms with van der Waals surface area (Å²) in [5, 5.41) is 14.3. The normalized spacial score (nSPS) is 11.9. The molecule has 0 bridgehead atoms. The van der Waals surface area contributed by atoms with Gasteiger partial charge in [0.25, 0.3) is 0 Å². The van der Waals surface area contributed by atoms with Crippen LogP contribution in [0.25, 0.3) is 39.0 Å². The molecule has 5 rings (SSSR count). The van der Waals surface area contributed by atoms with Crippen LogP contribution in [0.2, 0.25) is 0 Å². The number of rotatable bonds is 6. The molecule has 0 amide bonds. The lowest BCUT2D eigenvalue weighted by molar-refractivity contribution is 0.0651. The van der Waals surface area contributed by atoms with Crippen molar-refractivity contribution in [3.05, 3.63) is 85.0 Å². The van der Waals surface area contributed by atoms with Crippen LogP contribution in [0.4, 0.5) is 14.5 Å². The summed E-state index contributed by atoms with van der Waals surface area (Å²) in [6, 6.07) is 14.7. The third-order valence-electron chi connectivity index (χ3n) is 5.93. The summed E-state index contributed by atoms with van der Waals surface area (Å²) in [7, 11) is 0. The number of fused-ring (bicyclic) bond motifs is 1. The molecule has 0 spiro atoms. The predicted octanol–water partition coefficient (Wildman–Crippen LogP) is 5.58. The van der Waals surface area contributed by atoms with Gasteiger partial charge in [-0.05, 0) is 73.9 Å². The molecule has 0 radical (unpaired) electrons. The van der Waals surface area contributed by atoms with Crippen molar-refractivity contribution >= 4 is 16.7 Å². The third kappa shape index (κ3) is 4.79. The summed E-state index contributed by atoms with van der Waals surface area (Å²) in [6.07, 6.45) is 6.04. The molecule has 35 heavy (non-hydrogen) atoms. The number of imidazole rings is 1. The fourth-order valence-electron chi connectivity index (χ4n) is 4.07. The van der Waals surface area contributed by atoms with E-state index in [0.29, 0.717) is 24.2 Å². The number of nitrogen functional groups attached to an aromatic ring is 1. The van der Waals surface area contributed by atoms with Gasteiger partial charge in [0.15, 0.2) is 0 Å². The van der Waals surface area contributed by atoms with Crippen molar-refractivity contribution in [2.24, 2.45) is 0 Å². The number of hydrogen-bond acceptors (Lipinski definition) is 4. The van der Waals surface area contributed by atoms with E-state index in [-0.39, 0.29) is 5.56 Å². The molecule has 0 atom stereocenters. The first kappa shape index (κ1) is 22.7. The molecule has 0 saturated carbocycles. The van der Waals surface area contributed by atoms with Crippen LogP contribution in [0.5, 0.6) is 0 Å². The van der Waals surface area contributed by atoms with Crippen LogP contribution in [0.1, 0.15) is 20.3 Å². The van der Waals surface area contributed by atoms with Gasteiger partial charge in [-0.25, -0.2) is 13.8 Å². The molecule has 0 unspecified atom stereocenters. The zero-order chi connectivity index (χ0) is 24.7. The van der Waals surface area contributed by atoms with E-state index in [1.807, 2.05) is 33.6 Å². The van der Waals surface area contributed by atoms with Gasteiger partial charge in [-0.3, -0.25) is 9.25 Å². The van der Waals surface area contributed by atoms with Crippen molar-refractivity contribution in [3.63, 3.8) is 0 Å². The van der Waals surface area contributed by atoms with Crippen LogP contribution >= 0.6 is 0 Å². The topological polar surface area (TPSA) is 81.9 Å². The summed E-state index contributed by atoms with van der Waals surface area (Å²) < 4.78 is 31.5. The zero-order valence-corrected chi connectivity index (χ0v) is 19.4. The second kappa shape index (κ2) is 8.63. The van der Waals surface area contributed by atoms with Crippen LogP contribution < -0.4 is 5.73 Å². The average Bonchev–Trinajstić information content (AvgIpc) is 3.43. The highest BCUT2D eigenvalue weighted by atomic mass is 19.1. The van der Waals surface area contributed by atoms with Crippen molar-refractivity contribution in [2.45, 2.75) is 32.4 Å². The summed E-state index contributed by atoms with van der Waals surface area (Å²) in [5.41, 5.74) is 10.9. The highest BCUT2D eigenvalue weighted by Gasteiger charge is 2.14. The number of halogens is 2. The molecule has 2 aromatic heterocycles. The molecule has 2 heterocycles. The van der Waals surface area contributed by atoms with Gasteiger partial charge in [-0.1, -0.05) is 6.07 Å². The number of hydrogen-bond donors (Lipinski definition) is 2. The maximum Gasteiger partial charge on any atom is 0.133 e. The summed E-state index contributed by atoms with van der Waals surface area (Å²) in [5.74, 6) is -1.28. The maximum absolute atomic E-state index is 14.4. The first-order valence-corrected chi connectivity index (χ1v) is 11.2. The first-order valence-electron chi connectivity index (χ1n) is 11.2. The van der Waals surface area contributed by atoms with Gasteiger partial charge in [0, 0.05) is 41.3 Å². The number of benzene rings is 3. The fraction of sp³-hybridized carbons (Fsp3) is 0.185. The minimum atomic E-state index is -0.749. The smallest absolute Gasteiger partial charge is 0.133 e. The predicted molar refractivity (Wildman–Crippen MR) is 133 cm³/mol. The molecule has 3 aromatic carbocycles. The van der Waals surface area contributed by atoms with Crippen molar-refractivity contribution < 1.29 is 13.9 Å². The first-order chi connectivity index (χ1) is 16.7. The van der Waals surface area contributed by atoms with E-state index in [4.69, 9.17) is 5.73 Å². The molecular formula is C27H25F2N5O. The van der Waals surface area contributed by atoms with Crippen LogP contribution in [0, 0.1) is 11.6 Å². The minimum Gasteiger partial charge on any atom is -0.399 e. The molecular weight excluding hydrogens is 448 g/mol. The maximum atomic E-state index is 14.4. The summed E-state index contributed by atoms with van der Waals surface area (Å²) in [6.45, 7) is 4.18. The van der Waals surface area contributed by atoms with Crippen LogP contribution in [-0.4, -0.2) is 30.0 Å². The lowest BCUT2D eigenvalue weighted by atomic mass is 10.0. The Labute approximate surface area is 201 Å². The van der Waals surface area contributed by atoms with Gasteiger partial charge in [0.1, 0.15) is 18.0 Å². The molecule has 0 fully saturated rings. The van der Waals surface area contributed by atoms with E-state index in [0.717, 1.165) is 33.9 Å². The lowest BCUT2D eigenvalue weighted by Crippen LogP contribution is -2.21. The number of nitrogens with two attached hydrogens (primary N) is 1. The van der Waals surface area contributed by atoms with E-state index in [2.05, 4.69) is 10.1 Å². The van der Waals surface area contributed by atoms with Gasteiger partial charge in [0.2, 0.25) is 0 Å². The number of nitrogens with zero attached hydrogens (tertiary/aromatic N) is 4. The highest BCUT2D eigenvalue weighted by Crippen LogP contribution is 2.30. The summed E-state index contributed by atoms with van der Waals surface area (Å²) in [4.78, 5) is 4.56. The Kier molecular flexibility index (Phi) is 5.61. The Balaban J connectivity index is 1.47. The van der Waals surface area contributed by atoms with Crippen LogP contribution in [-0.2, 0) is 6.54 Å². The van der Waals surface area contributed by atoms with Gasteiger partial charge < -0.3 is 10.8 Å². The van der Waals surface area contributed by atoms with Crippen LogP contribution in [0.15, 0.2) is 73.3 Å². The monoisotopic (exact) mass is 473 g/mol. The number of aryl methyl sites for hydroxylation is 1. The van der Waals surface area contributed by atoms with Gasteiger partial charge >= 0.3 is 0 Å². The molecule has 0 aliphatic rings. The van der Waals surface area contributed by atoms with Crippen molar-refractivity contribution in [1.82, 2.24) is 19.3 Å². The molecule has 8 heteroatoms. The largest absolute Gasteiger partial charge is 0.399 e. The fourth-order valence-corrected chi connectivity index (χ4v) is 4.07. The van der Waals surface area contributed by atoms with E-state index < -0.39 is 17.2 Å². The molecule has 0 aliphatic carbocycles. The Hall–Kier alpha value is -4.04. The Morgan fingerprint density at radius 3 is 2.57 bits per heavy atom. The summed E-state index contributed by atoms with van der Waals surface area (Å²) >= 11 is 0. The van der Waals surface area contributed by atoms with E-state index in [9.17, 15) is 13.9 Å². The molecule has 3 N–H and O–H groups in total. The highest BCUT2D eigenvalue weighted by molar-refractivity contribution is 5.84. The second-order valence-electron chi connectivity index (χ2n) is 9.31. The average molecular weight is 474 g/mol. The molecule has 5 aromatic rings. The third-order valence-corrected chi connectivity index (χ3v) is 5.93. The molecule has 6 nitrogen and oxygen atoms in total. The van der Waals surface area contributed by atoms with E-state index >= 15 is 0 Å². The molecule has 0 aliphatic heterocycles. The van der Waals surface area contributed by atoms with Crippen LogP contribution in [0.3, 0.4) is 0 Å². The van der Waals surface area contributed by atoms with Gasteiger partial charge in [-0.15, -0.1) is 0 Å². The Morgan fingerprint density at radius 2 is 1.80 bits per heavy atom. The second-order valence-corrected chi connectivity index (χ2v) is 9.31. The zero-order valence-electron chi connectivity index (χ0n) is 19.4. The SMILES string of the molecule is CC(C)(O)CCn1cc(-c2ccc3c(c2)ncn3-c2cc(N)cc(-c3ccc(F)cc3F)c2)cn1. The van der Waals surface area contributed by atoms with Gasteiger partial charge in [-0.2, -0.15) is 5.10 Å². The van der Waals surface area contributed by atoms with Gasteiger partial charge in [0.05, 0.1) is 22.8 Å². The van der Waals surface area contributed by atoms with Crippen molar-refractivity contribution in [2.75, 3.05) is 5.73 Å². The van der Waals surface area contributed by atoms with Crippen molar-refractivity contribution in [1.29, 1.82) is 0 Å². The Bertz CT molecular complexity index is 1530. The van der Waals surface area contributed by atoms with E-state index in [1.54, 1.807) is 44.6 Å². The molecule has 178 valence electrons. The number of aliphatic hydroxyl groups is 1. The van der Waals surface area contributed by atoms with E-state index in [1.165, 1.54) is 12.1 Å². The van der Waals surface area contributed by atoms with Crippen molar-refractivity contribution in [3.8, 4) is 27.9 Å². The standard InChI is InChI=1S/C27H25F2N5O/c1-27(2,35)7-8-33-15-19(14-32-33)17-3-6-26-25(11-17)31-16-34(26)22-10-18(9-21(30)13-22)23-5-4-20(28)12-24(23)29/h3-6,9-16,35H,7-8,30H2,1-2H3. The number of aromatic nitrogens is 4. The number of anilines is 1. The molecule has 0 saturated heterocycles. The minimum absolute atomic E-state index is 0.272. The quantitative estimate of drug-likeness (QED) is 0.316. The Morgan fingerprint density at radius 1 is 0.971 bits per heavy atom.